The average Bonchev–Trinajstić information content (AvgIpc) is 2.89. The van der Waals surface area contributed by atoms with Crippen LogP contribution in [0.4, 0.5) is 5.82 Å². The lowest BCUT2D eigenvalue weighted by Gasteiger charge is -2.14. The van der Waals surface area contributed by atoms with Crippen molar-refractivity contribution in [3.8, 4) is 5.75 Å². The molecule has 7 heteroatoms. The van der Waals surface area contributed by atoms with Gasteiger partial charge in [0.1, 0.15) is 11.5 Å². The van der Waals surface area contributed by atoms with E-state index >= 15 is 0 Å². The van der Waals surface area contributed by atoms with E-state index in [0.717, 1.165) is 5.56 Å². The summed E-state index contributed by atoms with van der Waals surface area (Å²) >= 11 is 0. The largest absolute Gasteiger partial charge is 0.479 e. The molecule has 1 amide bonds. The number of carbonyl (C=O) groups is 2. The number of carbonyl (C=O) groups excluding carboxylic acids is 2. The van der Waals surface area contributed by atoms with Crippen LogP contribution in [0.1, 0.15) is 18.2 Å². The van der Waals surface area contributed by atoms with Crippen molar-refractivity contribution < 1.29 is 23.6 Å². The monoisotopic (exact) mass is 318 g/mol. The molecule has 0 spiro atoms. The molecule has 2 rings (SSSR count). The number of nitrogens with zero attached hydrogens (tertiary/aromatic N) is 1. The lowest BCUT2D eigenvalue weighted by molar-refractivity contribution is -0.153. The molecule has 2 aromatic rings. The van der Waals surface area contributed by atoms with Gasteiger partial charge in [-0.1, -0.05) is 17.3 Å². The van der Waals surface area contributed by atoms with E-state index in [1.165, 1.54) is 0 Å². The molecule has 0 aliphatic rings. The minimum Gasteiger partial charge on any atom is -0.479 e. The highest BCUT2D eigenvalue weighted by atomic mass is 16.6. The normalized spacial score (nSPS) is 11.6. The summed E-state index contributed by atoms with van der Waals surface area (Å²) in [5, 5.41) is 6.06. The number of anilines is 1. The summed E-state index contributed by atoms with van der Waals surface area (Å²) < 4.78 is 15.2. The lowest BCUT2D eigenvalue weighted by atomic mass is 10.2. The molecule has 1 heterocycles. The summed E-state index contributed by atoms with van der Waals surface area (Å²) in [6, 6.07) is 8.87. The highest BCUT2D eigenvalue weighted by Gasteiger charge is 2.18. The van der Waals surface area contributed by atoms with Crippen molar-refractivity contribution in [2.24, 2.45) is 0 Å². The van der Waals surface area contributed by atoms with Gasteiger partial charge < -0.3 is 19.3 Å². The quantitative estimate of drug-likeness (QED) is 0.821. The van der Waals surface area contributed by atoms with Crippen LogP contribution in [0.15, 0.2) is 34.9 Å². The topological polar surface area (TPSA) is 90.7 Å². The minimum atomic E-state index is -0.820. The molecule has 1 atom stereocenters. The minimum absolute atomic E-state index is 0.271. The maximum atomic E-state index is 11.8. The van der Waals surface area contributed by atoms with Crippen LogP contribution in [-0.2, 0) is 14.3 Å². The van der Waals surface area contributed by atoms with Crippen LogP contribution in [0.2, 0.25) is 0 Å². The number of hydrogen-bond acceptors (Lipinski definition) is 6. The molecule has 0 radical (unpaired) electrons. The van der Waals surface area contributed by atoms with Gasteiger partial charge in [-0.15, -0.1) is 0 Å². The standard InChI is InChI=1S/C16H18N2O5/c1-10-5-4-6-13(7-10)22-12(3)16(20)21-9-15(19)17-14-8-11(2)23-18-14/h4-8,12H,9H2,1-3H3,(H,17,18,19)/t12-/m1/s1. The first kappa shape index (κ1) is 16.5. The van der Waals surface area contributed by atoms with E-state index in [0.29, 0.717) is 11.5 Å². The van der Waals surface area contributed by atoms with Gasteiger partial charge in [0.05, 0.1) is 0 Å². The third kappa shape index (κ3) is 5.14. The first-order valence-corrected chi connectivity index (χ1v) is 7.07. The first-order valence-electron chi connectivity index (χ1n) is 7.07. The average molecular weight is 318 g/mol. The van der Waals surface area contributed by atoms with Crippen LogP contribution in [-0.4, -0.2) is 29.7 Å². The third-order valence-corrected chi connectivity index (χ3v) is 2.88. The van der Waals surface area contributed by atoms with Crippen LogP contribution in [0, 0.1) is 13.8 Å². The number of amides is 1. The van der Waals surface area contributed by atoms with Crippen molar-refractivity contribution in [2.45, 2.75) is 26.9 Å². The maximum Gasteiger partial charge on any atom is 0.347 e. The van der Waals surface area contributed by atoms with Crippen LogP contribution < -0.4 is 10.1 Å². The Morgan fingerprint density at radius 2 is 2.09 bits per heavy atom. The van der Waals surface area contributed by atoms with Gasteiger partial charge in [-0.3, -0.25) is 4.79 Å². The van der Waals surface area contributed by atoms with Gasteiger partial charge in [-0.2, -0.15) is 0 Å². The molecule has 0 unspecified atom stereocenters. The number of nitrogens with one attached hydrogen (secondary N) is 1. The molecule has 0 saturated carbocycles. The highest BCUT2D eigenvalue weighted by molar-refractivity contribution is 5.92. The fourth-order valence-electron chi connectivity index (χ4n) is 1.80. The Hall–Kier alpha value is -2.83. The summed E-state index contributed by atoms with van der Waals surface area (Å²) in [5.74, 6) is 0.273. The van der Waals surface area contributed by atoms with Crippen LogP contribution in [0.5, 0.6) is 5.75 Å². The zero-order valence-corrected chi connectivity index (χ0v) is 13.2. The summed E-state index contributed by atoms with van der Waals surface area (Å²) in [6.45, 7) is 4.76. The molecular formula is C16H18N2O5. The molecule has 7 nitrogen and oxygen atoms in total. The van der Waals surface area contributed by atoms with Crippen molar-refractivity contribution in [1.29, 1.82) is 0 Å². The van der Waals surface area contributed by atoms with Gasteiger partial charge in [0.15, 0.2) is 18.5 Å². The van der Waals surface area contributed by atoms with Gasteiger partial charge in [0.25, 0.3) is 5.91 Å². The van der Waals surface area contributed by atoms with Gasteiger partial charge in [0.2, 0.25) is 0 Å². The van der Waals surface area contributed by atoms with Crippen molar-refractivity contribution >= 4 is 17.7 Å². The molecule has 1 aromatic carbocycles. The number of benzene rings is 1. The van der Waals surface area contributed by atoms with E-state index in [9.17, 15) is 9.59 Å². The second-order valence-corrected chi connectivity index (χ2v) is 5.06. The van der Waals surface area contributed by atoms with E-state index in [2.05, 4.69) is 10.5 Å². The molecule has 0 bridgehead atoms. The number of hydrogen-bond donors (Lipinski definition) is 1. The molecule has 122 valence electrons. The Kier molecular flexibility index (Phi) is 5.35. The predicted molar refractivity (Wildman–Crippen MR) is 82.1 cm³/mol. The Bertz CT molecular complexity index is 695. The lowest BCUT2D eigenvalue weighted by Crippen LogP contribution is -2.29. The molecule has 0 fully saturated rings. The summed E-state index contributed by atoms with van der Waals surface area (Å²) in [5.41, 5.74) is 1.02. The van der Waals surface area contributed by atoms with E-state index < -0.39 is 24.6 Å². The zero-order valence-electron chi connectivity index (χ0n) is 13.2. The van der Waals surface area contributed by atoms with Gasteiger partial charge in [-0.25, -0.2) is 4.79 Å². The molecule has 0 aliphatic carbocycles. The van der Waals surface area contributed by atoms with Gasteiger partial charge in [-0.05, 0) is 38.5 Å². The SMILES string of the molecule is Cc1cccc(O[C@H](C)C(=O)OCC(=O)Nc2cc(C)on2)c1. The van der Waals surface area contributed by atoms with Crippen molar-refractivity contribution in [1.82, 2.24) is 5.16 Å². The van der Waals surface area contributed by atoms with Crippen molar-refractivity contribution in [2.75, 3.05) is 11.9 Å². The van der Waals surface area contributed by atoms with Crippen LogP contribution >= 0.6 is 0 Å². The summed E-state index contributed by atoms with van der Waals surface area (Å²) in [4.78, 5) is 23.5. The number of rotatable bonds is 6. The van der Waals surface area contributed by atoms with Crippen LogP contribution in [0.3, 0.4) is 0 Å². The van der Waals surface area contributed by atoms with E-state index in [4.69, 9.17) is 14.0 Å². The molecule has 23 heavy (non-hydrogen) atoms. The molecule has 1 N–H and O–H groups in total. The van der Waals surface area contributed by atoms with E-state index in [1.54, 1.807) is 26.0 Å². The fraction of sp³-hybridized carbons (Fsp3) is 0.312. The zero-order chi connectivity index (χ0) is 16.8. The van der Waals surface area contributed by atoms with E-state index in [-0.39, 0.29) is 5.82 Å². The Morgan fingerprint density at radius 1 is 1.30 bits per heavy atom. The van der Waals surface area contributed by atoms with Gasteiger partial charge >= 0.3 is 5.97 Å². The summed E-state index contributed by atoms with van der Waals surface area (Å²) in [6.07, 6.45) is -0.820. The molecule has 1 aromatic heterocycles. The Morgan fingerprint density at radius 3 is 2.74 bits per heavy atom. The summed E-state index contributed by atoms with van der Waals surface area (Å²) in [7, 11) is 0. The predicted octanol–water partition coefficient (Wildman–Crippen LogP) is 2.24. The molecule has 0 aliphatic heterocycles. The first-order chi connectivity index (χ1) is 10.9. The highest BCUT2D eigenvalue weighted by Crippen LogP contribution is 2.14. The van der Waals surface area contributed by atoms with Crippen molar-refractivity contribution in [3.63, 3.8) is 0 Å². The number of aryl methyl sites for hydroxylation is 2. The maximum absolute atomic E-state index is 11.8. The van der Waals surface area contributed by atoms with E-state index in [1.807, 2.05) is 25.1 Å². The Labute approximate surface area is 133 Å². The fourth-order valence-corrected chi connectivity index (χ4v) is 1.80. The van der Waals surface area contributed by atoms with Gasteiger partial charge in [0, 0.05) is 6.07 Å². The van der Waals surface area contributed by atoms with Crippen molar-refractivity contribution in [3.05, 3.63) is 41.7 Å². The molecular weight excluding hydrogens is 300 g/mol. The Balaban J connectivity index is 1.78. The number of esters is 1. The molecule has 0 saturated heterocycles. The number of ether oxygens (including phenoxy) is 2. The second kappa shape index (κ2) is 7.44. The smallest absolute Gasteiger partial charge is 0.347 e. The third-order valence-electron chi connectivity index (χ3n) is 2.88. The van der Waals surface area contributed by atoms with Crippen LogP contribution in [0.25, 0.3) is 0 Å². The number of aromatic nitrogens is 1. The second-order valence-electron chi connectivity index (χ2n) is 5.06.